The van der Waals surface area contributed by atoms with E-state index in [1.165, 1.54) is 0 Å². The lowest BCUT2D eigenvalue weighted by molar-refractivity contribution is 0.0537. The number of H-pyrrole nitrogens is 1. The van der Waals surface area contributed by atoms with Crippen LogP contribution in [0.3, 0.4) is 0 Å². The molecule has 28 heavy (non-hydrogen) atoms. The summed E-state index contributed by atoms with van der Waals surface area (Å²) in [6.45, 7) is 6.58. The molecule has 1 N–H and O–H groups in total. The maximum absolute atomic E-state index is 12.9. The largest absolute Gasteiger partial charge is 0.443 e. The lowest BCUT2D eigenvalue weighted by Gasteiger charge is -2.23. The van der Waals surface area contributed by atoms with Gasteiger partial charge in [0.15, 0.2) is 0 Å². The third-order valence-electron chi connectivity index (χ3n) is 4.79. The second kappa shape index (κ2) is 7.00. The fraction of sp³-hybridized carbons (Fsp3) is 0.450. The van der Waals surface area contributed by atoms with Gasteiger partial charge in [0.2, 0.25) is 0 Å². The summed E-state index contributed by atoms with van der Waals surface area (Å²) in [5, 5.41) is 0.777. The first-order chi connectivity index (χ1) is 13.2. The monoisotopic (exact) mass is 447 g/mol. The SMILES string of the molecule is CC(C)(C)OC(=O)n1c(=O)[nH]c2c3cc(Br)ccc3nc(C3CCOCC3)c21. The highest BCUT2D eigenvalue weighted by atomic mass is 79.9. The molecule has 0 radical (unpaired) electrons. The molecule has 7 nitrogen and oxygen atoms in total. The Bertz CT molecular complexity index is 1120. The Morgan fingerprint density at radius 1 is 1.32 bits per heavy atom. The first-order valence-corrected chi connectivity index (χ1v) is 10.1. The predicted octanol–water partition coefficient (Wildman–Crippen LogP) is 4.32. The summed E-state index contributed by atoms with van der Waals surface area (Å²) in [6, 6.07) is 5.72. The van der Waals surface area contributed by atoms with Gasteiger partial charge in [0, 0.05) is 29.0 Å². The number of fused-ring (bicyclic) bond motifs is 3. The van der Waals surface area contributed by atoms with Crippen molar-refractivity contribution < 1.29 is 14.3 Å². The van der Waals surface area contributed by atoms with E-state index in [0.717, 1.165) is 38.5 Å². The highest BCUT2D eigenvalue weighted by Crippen LogP contribution is 2.34. The molecule has 0 aliphatic carbocycles. The van der Waals surface area contributed by atoms with Gasteiger partial charge in [-0.15, -0.1) is 0 Å². The topological polar surface area (TPSA) is 86.2 Å². The molecule has 1 fully saturated rings. The van der Waals surface area contributed by atoms with Crippen LogP contribution in [0.15, 0.2) is 27.5 Å². The summed E-state index contributed by atoms with van der Waals surface area (Å²) in [5.41, 5.74) is 1.37. The van der Waals surface area contributed by atoms with Crippen LogP contribution in [0.2, 0.25) is 0 Å². The summed E-state index contributed by atoms with van der Waals surface area (Å²) < 4.78 is 12.9. The molecule has 8 heteroatoms. The Balaban J connectivity index is 2.03. The molecule has 0 spiro atoms. The Labute approximate surface area is 170 Å². The van der Waals surface area contributed by atoms with Gasteiger partial charge in [-0.3, -0.25) is 4.98 Å². The standard InChI is InChI=1S/C20H22BrN3O4/c1-20(2,3)28-19(26)24-17-15(11-6-8-27-9-7-11)22-14-5-4-12(21)10-13(14)16(17)23-18(24)25/h4-5,10-11H,6-9H2,1-3H3,(H,23,25). The van der Waals surface area contributed by atoms with Crippen molar-refractivity contribution in [3.8, 4) is 0 Å². The molecular weight excluding hydrogens is 426 g/mol. The van der Waals surface area contributed by atoms with Gasteiger partial charge in [0.25, 0.3) is 0 Å². The van der Waals surface area contributed by atoms with Crippen LogP contribution in [-0.4, -0.2) is 39.4 Å². The number of halogens is 1. The van der Waals surface area contributed by atoms with Gasteiger partial charge in [0.05, 0.1) is 16.7 Å². The Kier molecular flexibility index (Phi) is 4.79. The maximum atomic E-state index is 12.9. The fourth-order valence-electron chi connectivity index (χ4n) is 3.60. The zero-order valence-electron chi connectivity index (χ0n) is 16.0. The molecule has 0 amide bonds. The number of rotatable bonds is 1. The van der Waals surface area contributed by atoms with Crippen molar-refractivity contribution in [2.24, 2.45) is 0 Å². The lowest BCUT2D eigenvalue weighted by atomic mass is 9.94. The molecule has 1 aromatic carbocycles. The van der Waals surface area contributed by atoms with Gasteiger partial charge in [-0.1, -0.05) is 15.9 Å². The number of ether oxygens (including phenoxy) is 2. The summed E-state index contributed by atoms with van der Waals surface area (Å²) in [7, 11) is 0. The first kappa shape index (κ1) is 19.1. The van der Waals surface area contributed by atoms with Crippen molar-refractivity contribution in [2.75, 3.05) is 13.2 Å². The Morgan fingerprint density at radius 3 is 2.71 bits per heavy atom. The minimum Gasteiger partial charge on any atom is -0.443 e. The number of carbonyl (C=O) groups excluding carboxylic acids is 1. The van der Waals surface area contributed by atoms with Gasteiger partial charge >= 0.3 is 11.8 Å². The van der Waals surface area contributed by atoms with Gasteiger partial charge in [-0.2, -0.15) is 4.57 Å². The van der Waals surface area contributed by atoms with E-state index >= 15 is 0 Å². The average molecular weight is 448 g/mol. The number of hydrogen-bond donors (Lipinski definition) is 1. The molecule has 1 aliphatic rings. The number of aromatic nitrogens is 3. The van der Waals surface area contributed by atoms with E-state index in [9.17, 15) is 9.59 Å². The van der Waals surface area contributed by atoms with Gasteiger partial charge in [0.1, 0.15) is 11.1 Å². The van der Waals surface area contributed by atoms with Crippen molar-refractivity contribution in [2.45, 2.75) is 45.1 Å². The number of carbonyl (C=O) groups is 1. The molecule has 4 rings (SSSR count). The molecule has 0 saturated carbocycles. The van der Waals surface area contributed by atoms with E-state index in [-0.39, 0.29) is 5.92 Å². The van der Waals surface area contributed by atoms with Crippen LogP contribution in [0.1, 0.15) is 45.2 Å². The van der Waals surface area contributed by atoms with E-state index in [1.54, 1.807) is 20.8 Å². The van der Waals surface area contributed by atoms with Crippen molar-refractivity contribution in [1.82, 2.24) is 14.5 Å². The molecule has 0 bridgehead atoms. The summed E-state index contributed by atoms with van der Waals surface area (Å²) in [5.74, 6) is 0.105. The van der Waals surface area contributed by atoms with E-state index < -0.39 is 17.4 Å². The van der Waals surface area contributed by atoms with Gasteiger partial charge in [-0.25, -0.2) is 9.59 Å². The van der Waals surface area contributed by atoms with Crippen LogP contribution >= 0.6 is 15.9 Å². The van der Waals surface area contributed by atoms with Crippen LogP contribution in [0, 0.1) is 0 Å². The molecule has 2 aromatic heterocycles. The molecule has 148 valence electrons. The molecule has 3 aromatic rings. The molecule has 0 atom stereocenters. The Hall–Kier alpha value is -2.19. The van der Waals surface area contributed by atoms with Crippen LogP contribution < -0.4 is 5.69 Å². The highest BCUT2D eigenvalue weighted by molar-refractivity contribution is 9.10. The van der Waals surface area contributed by atoms with Crippen LogP contribution in [-0.2, 0) is 9.47 Å². The van der Waals surface area contributed by atoms with E-state index in [4.69, 9.17) is 14.5 Å². The minimum atomic E-state index is -0.716. The van der Waals surface area contributed by atoms with Crippen LogP contribution in [0.25, 0.3) is 21.9 Å². The van der Waals surface area contributed by atoms with E-state index in [1.807, 2.05) is 18.2 Å². The van der Waals surface area contributed by atoms with E-state index in [2.05, 4.69) is 20.9 Å². The second-order valence-electron chi connectivity index (χ2n) is 8.01. The number of nitrogens with one attached hydrogen (secondary N) is 1. The molecule has 1 saturated heterocycles. The smallest absolute Gasteiger partial charge is 0.423 e. The molecule has 0 unspecified atom stereocenters. The number of pyridine rings is 1. The number of nitrogens with zero attached hydrogens (tertiary/aromatic N) is 2. The fourth-order valence-corrected chi connectivity index (χ4v) is 3.96. The molecule has 1 aliphatic heterocycles. The highest BCUT2D eigenvalue weighted by Gasteiger charge is 2.28. The third-order valence-corrected chi connectivity index (χ3v) is 5.28. The van der Waals surface area contributed by atoms with Crippen LogP contribution in [0.4, 0.5) is 4.79 Å². The number of aromatic amines is 1. The van der Waals surface area contributed by atoms with Crippen LogP contribution in [0.5, 0.6) is 0 Å². The van der Waals surface area contributed by atoms with Gasteiger partial charge in [-0.05, 0) is 51.8 Å². The zero-order chi connectivity index (χ0) is 20.1. The number of benzene rings is 1. The average Bonchev–Trinajstić information content (AvgIpc) is 2.98. The quantitative estimate of drug-likeness (QED) is 0.600. The minimum absolute atomic E-state index is 0.105. The third kappa shape index (κ3) is 3.46. The second-order valence-corrected chi connectivity index (χ2v) is 8.93. The summed E-state index contributed by atoms with van der Waals surface area (Å²) in [4.78, 5) is 33.3. The Morgan fingerprint density at radius 2 is 2.04 bits per heavy atom. The normalized spacial score (nSPS) is 16.0. The summed E-state index contributed by atoms with van der Waals surface area (Å²) >= 11 is 3.47. The maximum Gasteiger partial charge on any atom is 0.423 e. The van der Waals surface area contributed by atoms with Gasteiger partial charge < -0.3 is 14.5 Å². The predicted molar refractivity (Wildman–Crippen MR) is 110 cm³/mol. The summed E-state index contributed by atoms with van der Waals surface area (Å²) in [6.07, 6.45) is 0.878. The number of hydrogen-bond acceptors (Lipinski definition) is 5. The molecular formula is C20H22BrN3O4. The lowest BCUT2D eigenvalue weighted by Crippen LogP contribution is -2.32. The van der Waals surface area contributed by atoms with Crippen molar-refractivity contribution in [3.05, 3.63) is 38.9 Å². The zero-order valence-corrected chi connectivity index (χ0v) is 17.6. The first-order valence-electron chi connectivity index (χ1n) is 9.29. The number of imidazole rings is 1. The van der Waals surface area contributed by atoms with E-state index in [0.29, 0.717) is 24.2 Å². The van der Waals surface area contributed by atoms with Crippen molar-refractivity contribution >= 4 is 44.0 Å². The molecule has 3 heterocycles. The van der Waals surface area contributed by atoms with Crippen molar-refractivity contribution in [1.29, 1.82) is 0 Å². The van der Waals surface area contributed by atoms with Crippen molar-refractivity contribution in [3.63, 3.8) is 0 Å².